The third kappa shape index (κ3) is 5.47. The summed E-state index contributed by atoms with van der Waals surface area (Å²) in [5.74, 6) is 0. The van der Waals surface area contributed by atoms with E-state index >= 15 is 0 Å². The number of hydrogen-bond donors (Lipinski definition) is 0. The van der Waals surface area contributed by atoms with Crippen LogP contribution in [0.1, 0.15) is 55.4 Å². The van der Waals surface area contributed by atoms with E-state index in [1.165, 1.54) is 0 Å². The lowest BCUT2D eigenvalue weighted by Crippen LogP contribution is -2.85. The molecule has 0 radical (unpaired) electrons. The van der Waals surface area contributed by atoms with E-state index in [1.807, 2.05) is 0 Å². The minimum absolute atomic E-state index is 0.0683. The molecule has 0 heterocycles. The fourth-order valence-electron chi connectivity index (χ4n) is 3.40. The summed E-state index contributed by atoms with van der Waals surface area (Å²) in [6.07, 6.45) is 0. The standard InChI is InChI=1S/C12H28Cl8N2Si4/c1-9(2)21(10(3)4)26(20,22(11(5)6)12(7)8)25(18,19)24(16,17)23(13,14)15/h9-12H,1-8H3. The molecule has 0 amide bonds. The van der Waals surface area contributed by atoms with Gasteiger partial charge in [0.25, 0.3) is 0 Å². The first-order chi connectivity index (χ1) is 11.3. The van der Waals surface area contributed by atoms with Crippen LogP contribution >= 0.6 is 88.6 Å². The normalized spacial score (nSPS) is 15.5. The van der Waals surface area contributed by atoms with Crippen LogP contribution in [0.15, 0.2) is 0 Å². The summed E-state index contributed by atoms with van der Waals surface area (Å²) < 4.78 is 4.36. The molecule has 26 heavy (non-hydrogen) atoms. The van der Waals surface area contributed by atoms with Gasteiger partial charge in [0.05, 0.1) is 0 Å². The number of hydrogen-bond acceptors (Lipinski definition) is 2. The molecule has 0 saturated heterocycles. The van der Waals surface area contributed by atoms with Gasteiger partial charge < -0.3 is 0 Å². The molecule has 0 N–H and O–H groups in total. The van der Waals surface area contributed by atoms with Crippen LogP contribution in [0.5, 0.6) is 0 Å². The van der Waals surface area contributed by atoms with Gasteiger partial charge in [-0.05, 0) is 24.2 Å². The Hall–Kier alpha value is 3.11. The second kappa shape index (κ2) is 10.2. The highest BCUT2D eigenvalue weighted by molar-refractivity contribution is 8.27. The molecule has 0 aromatic heterocycles. The van der Waals surface area contributed by atoms with Gasteiger partial charge in [-0.15, -0.1) is 88.6 Å². The molecule has 2 nitrogen and oxygen atoms in total. The Bertz CT molecular complexity index is 435. The van der Waals surface area contributed by atoms with Gasteiger partial charge in [0.15, 0.2) is 0 Å². The molecule has 158 valence electrons. The van der Waals surface area contributed by atoms with Crippen molar-refractivity contribution in [3.05, 3.63) is 0 Å². The topological polar surface area (TPSA) is 6.48 Å². The van der Waals surface area contributed by atoms with Crippen LogP contribution in [0.3, 0.4) is 0 Å². The van der Waals surface area contributed by atoms with Gasteiger partial charge in [-0.1, -0.05) is 55.4 Å². The molecule has 0 aliphatic carbocycles. The molecule has 0 atom stereocenters. The predicted molar refractivity (Wildman–Crippen MR) is 134 cm³/mol. The van der Waals surface area contributed by atoms with Crippen molar-refractivity contribution in [1.29, 1.82) is 0 Å². The van der Waals surface area contributed by atoms with Crippen LogP contribution in [-0.2, 0) is 0 Å². The molecule has 0 fully saturated rings. The van der Waals surface area contributed by atoms with E-state index in [4.69, 9.17) is 88.6 Å². The molecule has 0 aliphatic rings. The smallest absolute Gasteiger partial charge is 0.296 e. The fourth-order valence-corrected chi connectivity index (χ4v) is 88.9. The molecule has 0 spiro atoms. The Morgan fingerprint density at radius 3 is 0.846 bits per heavy atom. The monoisotopic (exact) mass is 592 g/mol. The van der Waals surface area contributed by atoms with Gasteiger partial charge >= 0.3 is 24.2 Å². The van der Waals surface area contributed by atoms with Crippen LogP contribution in [0, 0.1) is 0 Å². The second-order valence-corrected chi connectivity index (χ2v) is 57.1. The van der Waals surface area contributed by atoms with E-state index < -0.39 is 24.2 Å². The van der Waals surface area contributed by atoms with E-state index in [0.717, 1.165) is 0 Å². The van der Waals surface area contributed by atoms with Crippen molar-refractivity contribution < 1.29 is 0 Å². The average Bonchev–Trinajstić information content (AvgIpc) is 2.34. The summed E-state index contributed by atoms with van der Waals surface area (Å²) in [6.45, 7) is 16.4. The van der Waals surface area contributed by atoms with E-state index in [-0.39, 0.29) is 24.2 Å². The van der Waals surface area contributed by atoms with E-state index in [1.54, 1.807) is 0 Å². The van der Waals surface area contributed by atoms with Crippen LogP contribution in [0.4, 0.5) is 0 Å². The summed E-state index contributed by atoms with van der Waals surface area (Å²) in [5, 5.41) is 0. The highest BCUT2D eigenvalue weighted by Crippen LogP contribution is 2.53. The highest BCUT2D eigenvalue weighted by Gasteiger charge is 2.80. The first-order valence-electron chi connectivity index (χ1n) is 8.36. The van der Waals surface area contributed by atoms with Crippen LogP contribution in [-0.4, -0.2) is 57.5 Å². The van der Waals surface area contributed by atoms with Crippen molar-refractivity contribution in [1.82, 2.24) is 9.13 Å². The maximum absolute atomic E-state index is 7.53. The molecule has 0 rings (SSSR count). The average molecular weight is 596 g/mol. The van der Waals surface area contributed by atoms with E-state index in [2.05, 4.69) is 64.5 Å². The van der Waals surface area contributed by atoms with Gasteiger partial charge in [0.1, 0.15) is 0 Å². The lowest BCUT2D eigenvalue weighted by Gasteiger charge is -2.56. The minimum atomic E-state index is -3.68. The summed E-state index contributed by atoms with van der Waals surface area (Å²) in [4.78, 5) is 0. The zero-order valence-corrected chi connectivity index (χ0v) is 26.3. The maximum Gasteiger partial charge on any atom is 0.358 e. The van der Waals surface area contributed by atoms with Gasteiger partial charge in [0, 0.05) is 0 Å². The SMILES string of the molecule is CC(C)N(C(C)C)[Si](Cl)(N(C(C)C)C(C)C)[Si](Cl)(Cl)[Si](Cl)(Cl)[Si](Cl)(Cl)Cl. The van der Waals surface area contributed by atoms with E-state index in [9.17, 15) is 0 Å². The molecule has 14 heteroatoms. The van der Waals surface area contributed by atoms with Gasteiger partial charge in [-0.2, -0.15) is 0 Å². The van der Waals surface area contributed by atoms with Crippen LogP contribution in [0.25, 0.3) is 0 Å². The van der Waals surface area contributed by atoms with Crippen LogP contribution < -0.4 is 0 Å². The molecule has 0 saturated carbocycles. The van der Waals surface area contributed by atoms with E-state index in [0.29, 0.717) is 0 Å². The number of halogens is 8. The molecule has 0 aromatic carbocycles. The van der Waals surface area contributed by atoms with Gasteiger partial charge in [-0.3, -0.25) is 9.13 Å². The summed E-state index contributed by atoms with van der Waals surface area (Å²) >= 11 is 54.2. The van der Waals surface area contributed by atoms with Crippen molar-refractivity contribution in [2.24, 2.45) is 0 Å². The number of rotatable bonds is 9. The Kier molecular flexibility index (Phi) is 11.4. The maximum atomic E-state index is 7.53. The van der Waals surface area contributed by atoms with Gasteiger partial charge in [0.2, 0.25) is 0 Å². The fraction of sp³-hybridized carbons (Fsp3) is 1.00. The van der Waals surface area contributed by atoms with Crippen LogP contribution in [0.2, 0.25) is 0 Å². The van der Waals surface area contributed by atoms with Crippen molar-refractivity contribution in [2.75, 3.05) is 0 Å². The highest BCUT2D eigenvalue weighted by atomic mass is 35.9. The van der Waals surface area contributed by atoms with Gasteiger partial charge in [-0.25, -0.2) is 0 Å². The Morgan fingerprint density at radius 1 is 0.462 bits per heavy atom. The third-order valence-corrected chi connectivity index (χ3v) is 87.0. The summed E-state index contributed by atoms with van der Waals surface area (Å²) in [7, 11) is -3.35. The minimum Gasteiger partial charge on any atom is -0.296 e. The molecule has 0 unspecified atom stereocenters. The molecule has 0 aromatic rings. The summed E-state index contributed by atoms with van der Waals surface area (Å²) in [6, 6.07) is 0.273. The molecular weight excluding hydrogens is 568 g/mol. The van der Waals surface area contributed by atoms with Crippen molar-refractivity contribution in [3.8, 4) is 0 Å². The quantitative estimate of drug-likeness (QED) is 0.207. The zero-order chi connectivity index (χ0) is 21.5. The van der Waals surface area contributed by atoms with Crippen molar-refractivity contribution >= 4 is 113 Å². The molecule has 0 aliphatic heterocycles. The molecular formula is C12H28Cl8N2Si4. The Balaban J connectivity index is 6.97. The first kappa shape index (κ1) is 29.1. The summed E-state index contributed by atoms with van der Waals surface area (Å²) in [5.41, 5.74) is -10.9. The Morgan fingerprint density at radius 2 is 0.692 bits per heavy atom. The largest absolute Gasteiger partial charge is 0.358 e. The lowest BCUT2D eigenvalue weighted by molar-refractivity contribution is 0.225. The van der Waals surface area contributed by atoms with Crippen molar-refractivity contribution in [2.45, 2.75) is 79.6 Å². The third-order valence-electron chi connectivity index (χ3n) is 4.06. The Labute approximate surface area is 199 Å². The number of nitrogens with zero attached hydrogens (tertiary/aromatic N) is 2. The predicted octanol–water partition coefficient (Wildman–Crippen LogP) is 7.13. The molecule has 0 bridgehead atoms. The zero-order valence-electron chi connectivity index (χ0n) is 16.2. The second-order valence-electron chi connectivity index (χ2n) is 7.42. The lowest BCUT2D eigenvalue weighted by atomic mass is 10.3. The van der Waals surface area contributed by atoms with Crippen molar-refractivity contribution in [3.63, 3.8) is 0 Å². The first-order valence-corrected chi connectivity index (χ1v) is 27.3.